The van der Waals surface area contributed by atoms with Gasteiger partial charge in [-0.3, -0.25) is 4.79 Å². The molecule has 3 fully saturated rings. The Balaban J connectivity index is 1.08. The maximum Gasteiger partial charge on any atom is 0.307 e. The second-order valence-electron chi connectivity index (χ2n) is 17.7. The Hall–Kier alpha value is -3.13. The highest BCUT2D eigenvalue weighted by molar-refractivity contribution is 5.71. The molecule has 0 aliphatic heterocycles. The first-order chi connectivity index (χ1) is 24.1. The number of hydrogen-bond acceptors (Lipinski definition) is 1. The van der Waals surface area contributed by atoms with E-state index in [4.69, 9.17) is 0 Å². The lowest BCUT2D eigenvalue weighted by Crippen LogP contribution is -2.51. The molecule has 0 bridgehead atoms. The van der Waals surface area contributed by atoms with Gasteiger partial charge in [-0.15, -0.1) is 0 Å². The first kappa shape index (κ1) is 36.7. The van der Waals surface area contributed by atoms with Gasteiger partial charge in [0, 0.05) is 0 Å². The van der Waals surface area contributed by atoms with Crippen LogP contribution in [0.1, 0.15) is 122 Å². The Labute approximate surface area is 304 Å². The number of carbonyl (C=O) groups is 1. The van der Waals surface area contributed by atoms with E-state index in [1.54, 1.807) is 5.57 Å². The van der Waals surface area contributed by atoms with E-state index in [9.17, 15) is 9.90 Å². The van der Waals surface area contributed by atoms with Crippen LogP contribution in [0.5, 0.6) is 0 Å². The summed E-state index contributed by atoms with van der Waals surface area (Å²) >= 11 is 0. The van der Waals surface area contributed by atoms with Crippen LogP contribution in [-0.2, 0) is 11.2 Å². The summed E-state index contributed by atoms with van der Waals surface area (Å²) in [6, 6.07) is 18.8. The van der Waals surface area contributed by atoms with Crippen LogP contribution in [-0.4, -0.2) is 11.1 Å². The molecule has 2 aromatic rings. The van der Waals surface area contributed by atoms with Gasteiger partial charge in [0.1, 0.15) is 0 Å². The van der Waals surface area contributed by atoms with Crippen molar-refractivity contribution >= 4 is 18.1 Å². The minimum atomic E-state index is -0.630. The molecule has 4 aliphatic rings. The van der Waals surface area contributed by atoms with E-state index < -0.39 is 5.97 Å². The van der Waals surface area contributed by atoms with Crippen molar-refractivity contribution in [2.45, 2.75) is 112 Å². The summed E-state index contributed by atoms with van der Waals surface area (Å²) in [6.45, 7) is 12.6. The lowest BCUT2D eigenvalue weighted by atomic mass is 9.46. The quantitative estimate of drug-likeness (QED) is 0.170. The fourth-order valence-corrected chi connectivity index (χ4v) is 11.6. The molecule has 0 radical (unpaired) electrons. The van der Waals surface area contributed by atoms with Gasteiger partial charge < -0.3 is 5.11 Å². The summed E-state index contributed by atoms with van der Waals surface area (Å²) < 4.78 is 0. The Morgan fingerprint density at radius 3 is 2.32 bits per heavy atom. The molecule has 2 aromatic carbocycles. The van der Waals surface area contributed by atoms with Crippen LogP contribution in [0.15, 0.2) is 90.6 Å². The SMILES string of the molecule is CC(C)CCC[C@@H](C)[C@H]1CCC2C3CC=C4CC(C(Cc5cccc(C=CC=CC=Cc6ccccc6)c5)C(=O)O)CC[C@]4(C)C3CC[C@@]21C. The number of hydrogen-bond donors (Lipinski definition) is 1. The predicted octanol–water partition coefficient (Wildman–Crippen LogP) is 12.9. The highest BCUT2D eigenvalue weighted by atomic mass is 16.4. The van der Waals surface area contributed by atoms with Crippen molar-refractivity contribution in [3.05, 3.63) is 107 Å². The largest absolute Gasteiger partial charge is 0.481 e. The van der Waals surface area contributed by atoms with Gasteiger partial charge in [-0.1, -0.05) is 157 Å². The van der Waals surface area contributed by atoms with E-state index >= 15 is 0 Å². The van der Waals surface area contributed by atoms with Crippen molar-refractivity contribution in [2.24, 2.45) is 58.2 Å². The highest BCUT2D eigenvalue weighted by Gasteiger charge is 2.59. The molecule has 1 N–H and O–H groups in total. The van der Waals surface area contributed by atoms with E-state index in [-0.39, 0.29) is 17.3 Å². The zero-order valence-corrected chi connectivity index (χ0v) is 31.7. The number of rotatable bonds is 13. The maximum absolute atomic E-state index is 12.8. The number of carboxylic acids is 1. The van der Waals surface area contributed by atoms with Gasteiger partial charge in [-0.25, -0.2) is 0 Å². The summed E-state index contributed by atoms with van der Waals surface area (Å²) in [6.07, 6.45) is 29.8. The minimum Gasteiger partial charge on any atom is -0.481 e. The van der Waals surface area contributed by atoms with Gasteiger partial charge in [0.25, 0.3) is 0 Å². The molecule has 2 nitrogen and oxygen atoms in total. The summed E-state index contributed by atoms with van der Waals surface area (Å²) in [5.41, 5.74) is 5.78. The van der Waals surface area contributed by atoms with E-state index in [1.165, 1.54) is 56.9 Å². The topological polar surface area (TPSA) is 37.3 Å². The lowest BCUT2D eigenvalue weighted by molar-refractivity contribution is -0.144. The van der Waals surface area contributed by atoms with Crippen LogP contribution < -0.4 is 0 Å². The number of carboxylic acid groups (broad SMARTS) is 1. The molecule has 3 saturated carbocycles. The van der Waals surface area contributed by atoms with Crippen molar-refractivity contribution in [1.82, 2.24) is 0 Å². The second kappa shape index (κ2) is 16.0. The Morgan fingerprint density at radius 2 is 1.58 bits per heavy atom. The standard InChI is InChI=1S/C48H64O2/c1-34(2)15-13-16-35(3)43-25-26-44-41-24-23-40-33-39(27-29-47(40,4)45(41)28-30-48(43,44)5)42(46(49)50)32-38-22-14-21-37(31-38)20-10-7-6-9-17-36-18-11-8-12-19-36/h6-12,14,17-23,31,34-35,39,41-45H,13,15-16,24-30,32-33H2,1-5H3,(H,49,50)/t35-,39?,41?,42?,43-,44?,45?,47+,48-/m1/s1. The molecule has 5 unspecified atom stereocenters. The van der Waals surface area contributed by atoms with Gasteiger partial charge in [0.2, 0.25) is 0 Å². The lowest BCUT2D eigenvalue weighted by Gasteiger charge is -2.59. The Bertz CT molecular complexity index is 1560. The monoisotopic (exact) mass is 672 g/mol. The van der Waals surface area contributed by atoms with Crippen LogP contribution >= 0.6 is 0 Å². The van der Waals surface area contributed by atoms with Gasteiger partial charge in [-0.2, -0.15) is 0 Å². The third kappa shape index (κ3) is 8.00. The first-order valence-electron chi connectivity index (χ1n) is 20.2. The summed E-state index contributed by atoms with van der Waals surface area (Å²) in [5, 5.41) is 10.5. The third-order valence-corrected chi connectivity index (χ3v) is 14.3. The molecule has 0 amide bonds. The predicted molar refractivity (Wildman–Crippen MR) is 211 cm³/mol. The van der Waals surface area contributed by atoms with Crippen molar-refractivity contribution in [3.8, 4) is 0 Å². The summed E-state index contributed by atoms with van der Waals surface area (Å²) in [5.74, 6) is 4.22. The molecule has 50 heavy (non-hydrogen) atoms. The van der Waals surface area contributed by atoms with Crippen molar-refractivity contribution in [2.75, 3.05) is 0 Å². The number of aliphatic carboxylic acids is 1. The van der Waals surface area contributed by atoms with E-state index in [2.05, 4.69) is 101 Å². The van der Waals surface area contributed by atoms with Crippen molar-refractivity contribution in [1.29, 1.82) is 0 Å². The normalized spacial score (nSPS) is 32.2. The van der Waals surface area contributed by atoms with E-state index in [1.807, 2.05) is 30.4 Å². The molecule has 9 atom stereocenters. The molecule has 0 aromatic heterocycles. The van der Waals surface area contributed by atoms with Crippen LogP contribution in [0.3, 0.4) is 0 Å². The number of fused-ring (bicyclic) bond motifs is 5. The molecule has 0 saturated heterocycles. The van der Waals surface area contributed by atoms with Gasteiger partial charge in [-0.05, 0) is 127 Å². The Morgan fingerprint density at radius 1 is 0.840 bits per heavy atom. The number of allylic oxidation sites excluding steroid dienone is 6. The zero-order valence-electron chi connectivity index (χ0n) is 31.7. The second-order valence-corrected chi connectivity index (χ2v) is 17.7. The molecular formula is C48H64O2. The fraction of sp³-hybridized carbons (Fsp3) is 0.562. The van der Waals surface area contributed by atoms with Crippen LogP contribution in [0.4, 0.5) is 0 Å². The van der Waals surface area contributed by atoms with E-state index in [0.717, 1.165) is 65.9 Å². The first-order valence-corrected chi connectivity index (χ1v) is 20.2. The fourth-order valence-electron chi connectivity index (χ4n) is 11.6. The molecule has 6 rings (SSSR count). The molecule has 0 spiro atoms. The summed E-state index contributed by atoms with van der Waals surface area (Å²) in [7, 11) is 0. The smallest absolute Gasteiger partial charge is 0.307 e. The third-order valence-electron chi connectivity index (χ3n) is 14.3. The van der Waals surface area contributed by atoms with Gasteiger partial charge >= 0.3 is 5.97 Å². The van der Waals surface area contributed by atoms with Gasteiger partial charge in [0.15, 0.2) is 0 Å². The maximum atomic E-state index is 12.8. The van der Waals surface area contributed by atoms with Crippen LogP contribution in [0.25, 0.3) is 12.2 Å². The van der Waals surface area contributed by atoms with Crippen LogP contribution in [0, 0.1) is 58.2 Å². The average molecular weight is 673 g/mol. The molecule has 4 aliphatic carbocycles. The summed E-state index contributed by atoms with van der Waals surface area (Å²) in [4.78, 5) is 12.8. The average Bonchev–Trinajstić information content (AvgIpc) is 3.46. The minimum absolute atomic E-state index is 0.207. The number of benzene rings is 2. The zero-order chi connectivity index (χ0) is 35.3. The molecule has 2 heteroatoms. The molecule has 268 valence electrons. The Kier molecular flexibility index (Phi) is 11.8. The highest BCUT2D eigenvalue weighted by Crippen LogP contribution is 2.67. The van der Waals surface area contributed by atoms with E-state index in [0.29, 0.717) is 11.8 Å². The van der Waals surface area contributed by atoms with Gasteiger partial charge in [0.05, 0.1) is 5.92 Å². The molecular weight excluding hydrogens is 609 g/mol. The van der Waals surface area contributed by atoms with Crippen molar-refractivity contribution < 1.29 is 9.90 Å². The molecule has 0 heterocycles. The van der Waals surface area contributed by atoms with Crippen LogP contribution in [0.2, 0.25) is 0 Å². The van der Waals surface area contributed by atoms with Crippen molar-refractivity contribution in [3.63, 3.8) is 0 Å².